The van der Waals surface area contributed by atoms with Crippen LogP contribution in [0.3, 0.4) is 0 Å². The van der Waals surface area contributed by atoms with Gasteiger partial charge in [-0.25, -0.2) is 0 Å². The summed E-state index contributed by atoms with van der Waals surface area (Å²) in [6, 6.07) is 0. The van der Waals surface area contributed by atoms with Gasteiger partial charge >= 0.3 is 0 Å². The molecule has 0 saturated heterocycles. The summed E-state index contributed by atoms with van der Waals surface area (Å²) in [4.78, 5) is 0. The predicted octanol–water partition coefficient (Wildman–Crippen LogP) is -2.17. The Morgan fingerprint density at radius 2 is 1.75 bits per heavy atom. The van der Waals surface area contributed by atoms with Crippen molar-refractivity contribution in [2.75, 3.05) is 0 Å². The van der Waals surface area contributed by atoms with Gasteiger partial charge in [0.25, 0.3) is 0 Å². The van der Waals surface area contributed by atoms with Crippen LogP contribution in [0.5, 0.6) is 0 Å². The Balaban J connectivity index is 0. The molecule has 0 aromatic carbocycles. The van der Waals surface area contributed by atoms with Crippen LogP contribution in [0, 0.1) is 0 Å². The fraction of sp³-hybridized carbons (Fsp3) is 0. The molecular formula is H5OPtSi2. The largest absolute Gasteiger partial charge is 0.468 e. The Morgan fingerprint density at radius 3 is 1.75 bits per heavy atom. The third-order valence-corrected chi connectivity index (χ3v) is 0. The third kappa shape index (κ3) is 11.4. The smallest absolute Gasteiger partial charge is 0.157 e. The van der Waals surface area contributed by atoms with E-state index in [0.29, 0.717) is 0 Å². The molecule has 0 aromatic rings. The van der Waals surface area contributed by atoms with Gasteiger partial charge in [0.2, 0.25) is 0 Å². The number of hydrogen-bond donors (Lipinski definition) is 0. The second-order valence-corrected chi connectivity index (χ2v) is 2.60. The fourth-order valence-corrected chi connectivity index (χ4v) is 0. The zero-order valence-corrected chi connectivity index (χ0v) is 8.12. The molecule has 4 heavy (non-hydrogen) atoms. The molecule has 0 rings (SSSR count). The molecule has 1 nitrogen and oxygen atoms in total. The molecule has 0 fully saturated rings. The van der Waals surface area contributed by atoms with E-state index in [1.54, 1.807) is 0 Å². The van der Waals surface area contributed by atoms with Crippen LogP contribution in [0.1, 0.15) is 0 Å². The fourth-order valence-electron chi connectivity index (χ4n) is 0. The maximum Gasteiger partial charge on any atom is 0.157 e. The summed E-state index contributed by atoms with van der Waals surface area (Å²) in [6.45, 7) is 0. The molecule has 0 saturated carbocycles. The summed E-state index contributed by atoms with van der Waals surface area (Å²) in [5.74, 6) is 0. The molecular weight excluding hydrogens is 267 g/mol. The molecule has 0 N–H and O–H groups in total. The average molecular weight is 272 g/mol. The standard InChI is InChI=1S/H5OSi2.Pt/c2-1-3;/h2H2,3H3;. The van der Waals surface area contributed by atoms with Crippen LogP contribution in [0.2, 0.25) is 0 Å². The summed E-state index contributed by atoms with van der Waals surface area (Å²) < 4.78 is 4.42. The molecule has 0 aromatic heterocycles. The first-order valence-corrected chi connectivity index (χ1v) is 2.09. The van der Waals surface area contributed by atoms with Gasteiger partial charge in [-0.3, -0.25) is 0 Å². The van der Waals surface area contributed by atoms with Gasteiger partial charge in [0, 0.05) is 21.1 Å². The number of rotatable bonds is 0. The van der Waals surface area contributed by atoms with Crippen molar-refractivity contribution in [2.24, 2.45) is 0 Å². The Labute approximate surface area is 46.5 Å². The SMILES string of the molecule is [Pt].[SiH2]O[SiH3]. The van der Waals surface area contributed by atoms with Gasteiger partial charge in [0.15, 0.2) is 10.5 Å². The van der Waals surface area contributed by atoms with Crippen LogP contribution < -0.4 is 0 Å². The van der Waals surface area contributed by atoms with Crippen molar-refractivity contribution in [1.29, 1.82) is 0 Å². The van der Waals surface area contributed by atoms with Gasteiger partial charge in [-0.15, -0.1) is 0 Å². The minimum atomic E-state index is 0. The molecule has 0 spiro atoms. The summed E-state index contributed by atoms with van der Waals surface area (Å²) in [6.07, 6.45) is 0. The first-order valence-electron chi connectivity index (χ1n) is 0.697. The second kappa shape index (κ2) is 8.94. The summed E-state index contributed by atoms with van der Waals surface area (Å²) in [7, 11) is 2.42. The Bertz CT molecular complexity index is 6.00. The van der Waals surface area contributed by atoms with E-state index in [4.69, 9.17) is 0 Å². The van der Waals surface area contributed by atoms with Gasteiger partial charge in [-0.1, -0.05) is 0 Å². The molecule has 0 aliphatic rings. The van der Waals surface area contributed by atoms with Gasteiger partial charge < -0.3 is 4.12 Å². The van der Waals surface area contributed by atoms with Crippen LogP contribution in [0.15, 0.2) is 0 Å². The van der Waals surface area contributed by atoms with Crippen LogP contribution >= 0.6 is 0 Å². The molecule has 0 heterocycles. The van der Waals surface area contributed by atoms with E-state index in [1.165, 1.54) is 10.5 Å². The van der Waals surface area contributed by atoms with E-state index in [9.17, 15) is 0 Å². The zero-order chi connectivity index (χ0) is 2.71. The van der Waals surface area contributed by atoms with E-state index < -0.39 is 0 Å². The maximum atomic E-state index is 4.42. The quantitative estimate of drug-likeness (QED) is 0.456. The van der Waals surface area contributed by atoms with Crippen LogP contribution in [-0.2, 0) is 25.2 Å². The van der Waals surface area contributed by atoms with E-state index in [0.717, 1.165) is 10.5 Å². The summed E-state index contributed by atoms with van der Waals surface area (Å²) >= 11 is 0. The number of hydrogen-bond acceptors (Lipinski definition) is 1. The average Bonchev–Trinajstić information content (AvgIpc) is 0.918. The second-order valence-electron chi connectivity index (χ2n) is 0.289. The molecule has 0 atom stereocenters. The van der Waals surface area contributed by atoms with Crippen LogP contribution in [0.4, 0.5) is 0 Å². The molecule has 0 amide bonds. The Hall–Kier alpha value is 1.08. The monoisotopic (exact) mass is 272 g/mol. The molecule has 0 bridgehead atoms. The minimum absolute atomic E-state index is 0. The van der Waals surface area contributed by atoms with Crippen molar-refractivity contribution >= 4 is 21.0 Å². The van der Waals surface area contributed by atoms with Crippen LogP contribution in [0.25, 0.3) is 0 Å². The topological polar surface area (TPSA) is 9.23 Å². The Kier molecular flexibility index (Phi) is 19.9. The predicted molar refractivity (Wildman–Crippen MR) is 19.6 cm³/mol. The van der Waals surface area contributed by atoms with Crippen molar-refractivity contribution in [1.82, 2.24) is 0 Å². The van der Waals surface area contributed by atoms with Crippen molar-refractivity contribution in [2.45, 2.75) is 0 Å². The van der Waals surface area contributed by atoms with E-state index in [-0.39, 0.29) is 21.1 Å². The van der Waals surface area contributed by atoms with Crippen molar-refractivity contribution < 1.29 is 25.2 Å². The molecule has 0 unspecified atom stereocenters. The van der Waals surface area contributed by atoms with Crippen molar-refractivity contribution in [3.63, 3.8) is 0 Å². The van der Waals surface area contributed by atoms with E-state index in [2.05, 4.69) is 4.12 Å². The van der Waals surface area contributed by atoms with Crippen molar-refractivity contribution in [3.8, 4) is 0 Å². The molecule has 1 radical (unpaired) electrons. The molecule has 0 aliphatic heterocycles. The van der Waals surface area contributed by atoms with Crippen LogP contribution in [-0.4, -0.2) is 21.0 Å². The first-order chi connectivity index (χ1) is 1.41. The summed E-state index contributed by atoms with van der Waals surface area (Å²) in [5.41, 5.74) is 0. The molecule has 29 valence electrons. The zero-order valence-electron chi connectivity index (χ0n) is 2.43. The van der Waals surface area contributed by atoms with Gasteiger partial charge in [0.1, 0.15) is 10.5 Å². The summed E-state index contributed by atoms with van der Waals surface area (Å²) in [5, 5.41) is 0. The van der Waals surface area contributed by atoms with Gasteiger partial charge in [0.05, 0.1) is 0 Å². The molecule has 4 heteroatoms. The minimum Gasteiger partial charge on any atom is -0.468 e. The van der Waals surface area contributed by atoms with E-state index in [1.807, 2.05) is 0 Å². The van der Waals surface area contributed by atoms with Crippen molar-refractivity contribution in [3.05, 3.63) is 0 Å². The Morgan fingerprint density at radius 1 is 1.75 bits per heavy atom. The molecule has 0 aliphatic carbocycles. The first kappa shape index (κ1) is 8.91. The maximum absolute atomic E-state index is 4.42. The van der Waals surface area contributed by atoms with E-state index >= 15 is 0 Å². The van der Waals surface area contributed by atoms with Gasteiger partial charge in [-0.05, 0) is 0 Å². The normalized spacial score (nSPS) is 5.25. The third-order valence-electron chi connectivity index (χ3n) is 0. The van der Waals surface area contributed by atoms with Gasteiger partial charge in [-0.2, -0.15) is 0 Å².